The number of nitrogens with two attached hydrogens (primary N) is 1. The van der Waals surface area contributed by atoms with Gasteiger partial charge in [0.1, 0.15) is 23.2 Å². The van der Waals surface area contributed by atoms with Crippen LogP contribution in [0.25, 0.3) is 0 Å². The number of β-lactam (4-membered cyclic amide) rings is 1. The molecule has 2 aliphatic heterocycles. The molecule has 3 heterocycles. The Morgan fingerprint density at radius 2 is 1.92 bits per heavy atom. The minimum Gasteiger partial charge on any atom is -0.425 e. The van der Waals surface area contributed by atoms with Gasteiger partial charge in [-0.2, -0.15) is 9.36 Å². The van der Waals surface area contributed by atoms with Crippen molar-refractivity contribution in [3.05, 3.63) is 17.6 Å². The lowest BCUT2D eigenvalue weighted by Gasteiger charge is -2.49. The number of nitrogens with one attached hydrogen (secondary N) is 1. The number of anilines is 1. The van der Waals surface area contributed by atoms with Crippen LogP contribution in [0.15, 0.2) is 16.9 Å². The number of rotatable bonds is 9. The number of thioether (sulfide) groups is 1. The molecule has 4 rings (SSSR count). The third-order valence-electron chi connectivity index (χ3n) is 6.04. The Morgan fingerprint density at radius 3 is 2.55 bits per heavy atom. The molecule has 3 aliphatic rings. The Balaban J connectivity index is 1.44. The lowest BCUT2D eigenvalue weighted by molar-refractivity contribution is -0.186. The SMILES string of the molecule is CC(OC(=O)C1=CC(C)SC2C(NC(=O)/C(=N/OC3CCCC3)c3nsc(N)n3)C(=O)N12)OC(=O)C(C)C. The average molecular weight is 567 g/mol. The summed E-state index contributed by atoms with van der Waals surface area (Å²) in [6, 6.07) is -0.935. The van der Waals surface area contributed by atoms with Crippen molar-refractivity contribution in [3.63, 3.8) is 0 Å². The van der Waals surface area contributed by atoms with E-state index in [4.69, 9.17) is 20.0 Å². The van der Waals surface area contributed by atoms with Crippen LogP contribution >= 0.6 is 23.3 Å². The molecule has 0 radical (unpaired) electrons. The van der Waals surface area contributed by atoms with E-state index in [-0.39, 0.29) is 39.6 Å². The molecular weight excluding hydrogens is 536 g/mol. The van der Waals surface area contributed by atoms with Gasteiger partial charge < -0.3 is 25.4 Å². The Labute approximate surface area is 227 Å². The van der Waals surface area contributed by atoms with Gasteiger partial charge in [0.2, 0.25) is 17.8 Å². The number of nitrogens with zero attached hydrogens (tertiary/aromatic N) is 4. The third-order valence-corrected chi connectivity index (χ3v) is 7.91. The minimum atomic E-state index is -1.13. The highest BCUT2D eigenvalue weighted by Crippen LogP contribution is 2.41. The summed E-state index contributed by atoms with van der Waals surface area (Å²) in [4.78, 5) is 61.8. The summed E-state index contributed by atoms with van der Waals surface area (Å²) < 4.78 is 14.4. The summed E-state index contributed by atoms with van der Waals surface area (Å²) in [7, 11) is 0. The van der Waals surface area contributed by atoms with Crippen LogP contribution in [0.4, 0.5) is 5.13 Å². The first-order valence-electron chi connectivity index (χ1n) is 12.3. The van der Waals surface area contributed by atoms with Crippen LogP contribution in [-0.4, -0.2) is 72.8 Å². The lowest BCUT2D eigenvalue weighted by Crippen LogP contribution is -2.71. The van der Waals surface area contributed by atoms with E-state index in [1.165, 1.54) is 23.6 Å². The molecule has 2 fully saturated rings. The normalized spacial score (nSPS) is 24.3. The molecule has 0 spiro atoms. The van der Waals surface area contributed by atoms with Crippen molar-refractivity contribution in [3.8, 4) is 0 Å². The van der Waals surface area contributed by atoms with E-state index in [1.807, 2.05) is 6.92 Å². The number of oxime groups is 1. The molecule has 38 heavy (non-hydrogen) atoms. The van der Waals surface area contributed by atoms with Gasteiger partial charge in [0, 0.05) is 23.7 Å². The van der Waals surface area contributed by atoms with Crippen molar-refractivity contribution < 1.29 is 33.5 Å². The number of carbonyl (C=O) groups excluding carboxylic acids is 4. The van der Waals surface area contributed by atoms with Crippen molar-refractivity contribution in [1.29, 1.82) is 0 Å². The monoisotopic (exact) mass is 566 g/mol. The van der Waals surface area contributed by atoms with Crippen LogP contribution in [0.1, 0.15) is 59.2 Å². The van der Waals surface area contributed by atoms with E-state index in [0.717, 1.165) is 37.2 Å². The van der Waals surface area contributed by atoms with Gasteiger partial charge in [-0.15, -0.1) is 11.8 Å². The minimum absolute atomic E-state index is 0.00499. The maximum atomic E-state index is 13.2. The molecule has 206 valence electrons. The number of carbonyl (C=O) groups is 4. The summed E-state index contributed by atoms with van der Waals surface area (Å²) >= 11 is 2.30. The zero-order valence-electron chi connectivity index (χ0n) is 21.4. The largest absolute Gasteiger partial charge is 0.425 e. The second kappa shape index (κ2) is 11.7. The number of ether oxygens (including phenoxy) is 2. The lowest BCUT2D eigenvalue weighted by atomic mass is 10.0. The van der Waals surface area contributed by atoms with Crippen LogP contribution in [-0.2, 0) is 33.5 Å². The third kappa shape index (κ3) is 6.09. The topological polar surface area (TPSA) is 175 Å². The molecule has 1 aromatic rings. The van der Waals surface area contributed by atoms with Crippen molar-refractivity contribution >= 4 is 57.9 Å². The van der Waals surface area contributed by atoms with Gasteiger partial charge in [0.05, 0.1) is 5.92 Å². The molecule has 4 atom stereocenters. The quantitative estimate of drug-likeness (QED) is 0.146. The van der Waals surface area contributed by atoms with Crippen molar-refractivity contribution in [1.82, 2.24) is 19.6 Å². The zero-order chi connectivity index (χ0) is 27.6. The highest BCUT2D eigenvalue weighted by molar-refractivity contribution is 8.00. The summed E-state index contributed by atoms with van der Waals surface area (Å²) in [6.07, 6.45) is 4.06. The number of esters is 2. The Morgan fingerprint density at radius 1 is 1.21 bits per heavy atom. The first-order valence-corrected chi connectivity index (χ1v) is 14.0. The molecule has 1 saturated carbocycles. The van der Waals surface area contributed by atoms with Crippen LogP contribution in [0, 0.1) is 5.92 Å². The van der Waals surface area contributed by atoms with E-state index >= 15 is 0 Å². The van der Waals surface area contributed by atoms with Crippen LogP contribution in [0.3, 0.4) is 0 Å². The summed E-state index contributed by atoms with van der Waals surface area (Å²) in [6.45, 7) is 6.59. The molecule has 15 heteroatoms. The van der Waals surface area contributed by atoms with Gasteiger partial charge in [0.25, 0.3) is 11.8 Å². The van der Waals surface area contributed by atoms with Gasteiger partial charge in [-0.25, -0.2) is 4.79 Å². The molecule has 1 aromatic heterocycles. The summed E-state index contributed by atoms with van der Waals surface area (Å²) in [5, 5.41) is 6.14. The fraction of sp³-hybridized carbons (Fsp3) is 0.609. The maximum Gasteiger partial charge on any atom is 0.357 e. The fourth-order valence-corrected chi connectivity index (χ4v) is 5.86. The van der Waals surface area contributed by atoms with E-state index in [2.05, 4.69) is 19.8 Å². The van der Waals surface area contributed by atoms with Crippen molar-refractivity contribution in [2.24, 2.45) is 11.1 Å². The van der Waals surface area contributed by atoms with Crippen LogP contribution in [0.2, 0.25) is 0 Å². The second-order valence-electron chi connectivity index (χ2n) is 9.42. The van der Waals surface area contributed by atoms with Crippen LogP contribution in [0.5, 0.6) is 0 Å². The van der Waals surface area contributed by atoms with Gasteiger partial charge in [-0.1, -0.05) is 19.0 Å². The van der Waals surface area contributed by atoms with Gasteiger partial charge in [0.15, 0.2) is 5.13 Å². The Hall–Kier alpha value is -3.20. The molecule has 13 nitrogen and oxygen atoms in total. The number of amides is 2. The number of hydrogen-bond acceptors (Lipinski definition) is 13. The van der Waals surface area contributed by atoms with Crippen molar-refractivity contribution in [2.75, 3.05) is 5.73 Å². The summed E-state index contributed by atoms with van der Waals surface area (Å²) in [5.74, 6) is -2.90. The first kappa shape index (κ1) is 27.8. The Kier molecular flexibility index (Phi) is 8.55. The molecule has 0 bridgehead atoms. The van der Waals surface area contributed by atoms with E-state index < -0.39 is 41.5 Å². The average Bonchev–Trinajstić information content (AvgIpc) is 3.53. The second-order valence-corrected chi connectivity index (χ2v) is 11.7. The van der Waals surface area contributed by atoms with E-state index in [0.29, 0.717) is 0 Å². The van der Waals surface area contributed by atoms with E-state index in [1.54, 1.807) is 19.9 Å². The number of aromatic nitrogens is 2. The standard InChI is InChI=1S/C23H30N6O7S2/c1-10(2)21(32)34-12(4)35-22(33)14-9-11(3)37-20-16(19(31)29(14)20)25-18(30)15(17-26-23(24)38-28-17)27-36-13-7-5-6-8-13/h9-13,16,20H,5-8H2,1-4H3,(H,25,30)(H2,24,26,28)/b27-15+. The summed E-state index contributed by atoms with van der Waals surface area (Å²) in [5.41, 5.74) is 5.54. The fourth-order valence-electron chi connectivity index (χ4n) is 4.10. The van der Waals surface area contributed by atoms with Crippen LogP contribution < -0.4 is 11.1 Å². The van der Waals surface area contributed by atoms with Gasteiger partial charge >= 0.3 is 11.9 Å². The molecule has 1 saturated heterocycles. The number of fused-ring (bicyclic) bond motifs is 1. The Bertz CT molecular complexity index is 1160. The predicted molar refractivity (Wildman–Crippen MR) is 138 cm³/mol. The van der Waals surface area contributed by atoms with E-state index in [9.17, 15) is 19.2 Å². The zero-order valence-corrected chi connectivity index (χ0v) is 23.0. The van der Waals surface area contributed by atoms with Gasteiger partial charge in [-0.3, -0.25) is 19.3 Å². The van der Waals surface area contributed by atoms with Gasteiger partial charge in [-0.05, 0) is 38.7 Å². The molecule has 1 aliphatic carbocycles. The predicted octanol–water partition coefficient (Wildman–Crippen LogP) is 1.54. The smallest absolute Gasteiger partial charge is 0.357 e. The highest BCUT2D eigenvalue weighted by atomic mass is 32.2. The first-order chi connectivity index (χ1) is 18.0. The highest BCUT2D eigenvalue weighted by Gasteiger charge is 2.54. The molecule has 0 aromatic carbocycles. The van der Waals surface area contributed by atoms with Crippen molar-refractivity contribution in [2.45, 2.75) is 82.4 Å². The number of hydrogen-bond donors (Lipinski definition) is 2. The molecule has 2 amide bonds. The maximum absolute atomic E-state index is 13.2. The molecular formula is C23H30N6O7S2. The molecule has 4 unspecified atom stereocenters. The molecule has 3 N–H and O–H groups in total. The number of nitrogen functional groups attached to an aromatic ring is 1.